The molecule has 0 spiro atoms. The van der Waals surface area contributed by atoms with Gasteiger partial charge < -0.3 is 5.32 Å². The average Bonchev–Trinajstić information content (AvgIpc) is 2.06. The van der Waals surface area contributed by atoms with Gasteiger partial charge in [0.05, 0.1) is 0 Å². The Morgan fingerprint density at radius 3 is 2.08 bits per heavy atom. The lowest BCUT2D eigenvalue weighted by Crippen LogP contribution is -2.55. The standard InChI is InChI=1S/C9H20N2.C2H6/c1-8-7-11(6-5-10-8)9(2,3)4;1-2/h8,10H,5-7H2,1-4H3;1-2H3. The van der Waals surface area contributed by atoms with E-state index >= 15 is 0 Å². The minimum absolute atomic E-state index is 0.344. The van der Waals surface area contributed by atoms with Gasteiger partial charge in [-0.3, -0.25) is 4.90 Å². The Kier molecular flexibility index (Phi) is 5.57. The molecule has 1 saturated heterocycles. The Morgan fingerprint density at radius 1 is 1.23 bits per heavy atom. The quantitative estimate of drug-likeness (QED) is 0.623. The molecule has 0 aromatic carbocycles. The third kappa shape index (κ3) is 4.63. The number of hydrogen-bond donors (Lipinski definition) is 1. The fourth-order valence-electron chi connectivity index (χ4n) is 1.54. The van der Waals surface area contributed by atoms with E-state index in [1.165, 1.54) is 13.1 Å². The largest absolute Gasteiger partial charge is 0.312 e. The minimum Gasteiger partial charge on any atom is -0.312 e. The van der Waals surface area contributed by atoms with Gasteiger partial charge in [-0.15, -0.1) is 0 Å². The van der Waals surface area contributed by atoms with Crippen molar-refractivity contribution >= 4 is 0 Å². The molecule has 0 aliphatic carbocycles. The monoisotopic (exact) mass is 186 g/mol. The molecule has 13 heavy (non-hydrogen) atoms. The molecule has 0 amide bonds. The molecule has 1 fully saturated rings. The third-order valence-electron chi connectivity index (χ3n) is 2.32. The summed E-state index contributed by atoms with van der Waals surface area (Å²) in [4.78, 5) is 2.54. The maximum absolute atomic E-state index is 3.44. The molecular formula is C11H26N2. The van der Waals surface area contributed by atoms with Crippen LogP contribution in [-0.2, 0) is 0 Å². The lowest BCUT2D eigenvalue weighted by molar-refractivity contribution is 0.0998. The summed E-state index contributed by atoms with van der Waals surface area (Å²) in [6.45, 7) is 16.6. The van der Waals surface area contributed by atoms with E-state index in [1.54, 1.807) is 0 Å². The fraction of sp³-hybridized carbons (Fsp3) is 1.00. The number of hydrogen-bond acceptors (Lipinski definition) is 2. The van der Waals surface area contributed by atoms with E-state index in [-0.39, 0.29) is 0 Å². The average molecular weight is 186 g/mol. The van der Waals surface area contributed by atoms with E-state index in [0.29, 0.717) is 11.6 Å². The van der Waals surface area contributed by atoms with Crippen molar-refractivity contribution in [3.63, 3.8) is 0 Å². The van der Waals surface area contributed by atoms with Gasteiger partial charge in [0.25, 0.3) is 0 Å². The second-order valence-electron chi connectivity index (χ2n) is 4.47. The summed E-state index contributed by atoms with van der Waals surface area (Å²) in [7, 11) is 0. The SMILES string of the molecule is CC.CC1CN(C(C)(C)C)CCN1. The Hall–Kier alpha value is -0.0800. The first kappa shape index (κ1) is 12.9. The lowest BCUT2D eigenvalue weighted by Gasteiger charge is -2.41. The van der Waals surface area contributed by atoms with E-state index in [4.69, 9.17) is 0 Å². The summed E-state index contributed by atoms with van der Waals surface area (Å²) in [5, 5.41) is 3.44. The van der Waals surface area contributed by atoms with Gasteiger partial charge in [-0.05, 0) is 27.7 Å². The van der Waals surface area contributed by atoms with Gasteiger partial charge in [0.15, 0.2) is 0 Å². The summed E-state index contributed by atoms with van der Waals surface area (Å²) >= 11 is 0. The summed E-state index contributed by atoms with van der Waals surface area (Å²) in [6.07, 6.45) is 0. The van der Waals surface area contributed by atoms with Gasteiger partial charge in [0.1, 0.15) is 0 Å². The molecule has 1 rings (SSSR count). The van der Waals surface area contributed by atoms with Crippen molar-refractivity contribution in [3.8, 4) is 0 Å². The topological polar surface area (TPSA) is 15.3 Å². The minimum atomic E-state index is 0.344. The van der Waals surface area contributed by atoms with Gasteiger partial charge >= 0.3 is 0 Å². The van der Waals surface area contributed by atoms with E-state index in [9.17, 15) is 0 Å². The predicted octanol–water partition coefficient (Wildman–Crippen LogP) is 2.10. The fourth-order valence-corrected chi connectivity index (χ4v) is 1.54. The number of nitrogens with zero attached hydrogens (tertiary/aromatic N) is 1. The molecule has 0 radical (unpaired) electrons. The zero-order valence-electron chi connectivity index (χ0n) is 10.1. The highest BCUT2D eigenvalue weighted by atomic mass is 15.2. The molecule has 0 bridgehead atoms. The van der Waals surface area contributed by atoms with E-state index in [2.05, 4.69) is 37.9 Å². The summed E-state index contributed by atoms with van der Waals surface area (Å²) in [5.74, 6) is 0. The Morgan fingerprint density at radius 2 is 1.77 bits per heavy atom. The predicted molar refractivity (Wildman–Crippen MR) is 60.1 cm³/mol. The first-order valence-corrected chi connectivity index (χ1v) is 5.48. The van der Waals surface area contributed by atoms with Crippen molar-refractivity contribution in [3.05, 3.63) is 0 Å². The zero-order chi connectivity index (χ0) is 10.5. The van der Waals surface area contributed by atoms with Crippen LogP contribution in [0.25, 0.3) is 0 Å². The molecule has 1 unspecified atom stereocenters. The van der Waals surface area contributed by atoms with E-state index in [0.717, 1.165) is 6.54 Å². The first-order valence-electron chi connectivity index (χ1n) is 5.48. The van der Waals surface area contributed by atoms with Crippen molar-refractivity contribution in [1.82, 2.24) is 10.2 Å². The van der Waals surface area contributed by atoms with Crippen LogP contribution >= 0.6 is 0 Å². The lowest BCUT2D eigenvalue weighted by atomic mass is 10.0. The highest BCUT2D eigenvalue weighted by Gasteiger charge is 2.25. The van der Waals surface area contributed by atoms with Crippen LogP contribution in [0.1, 0.15) is 41.5 Å². The van der Waals surface area contributed by atoms with Crippen molar-refractivity contribution < 1.29 is 0 Å². The normalized spacial score (nSPS) is 24.9. The molecule has 0 saturated carbocycles. The van der Waals surface area contributed by atoms with Gasteiger partial charge in [0.2, 0.25) is 0 Å². The Bertz CT molecular complexity index is 127. The van der Waals surface area contributed by atoms with Crippen LogP contribution in [0.5, 0.6) is 0 Å². The molecule has 1 aliphatic rings. The van der Waals surface area contributed by atoms with Crippen molar-refractivity contribution in [1.29, 1.82) is 0 Å². The van der Waals surface area contributed by atoms with Gasteiger partial charge in [-0.1, -0.05) is 13.8 Å². The maximum Gasteiger partial charge on any atom is 0.0167 e. The summed E-state index contributed by atoms with van der Waals surface area (Å²) in [6, 6.07) is 0.656. The molecule has 0 aromatic rings. The highest BCUT2D eigenvalue weighted by molar-refractivity contribution is 4.83. The van der Waals surface area contributed by atoms with Gasteiger partial charge in [0, 0.05) is 31.2 Å². The van der Waals surface area contributed by atoms with Crippen LogP contribution in [0.4, 0.5) is 0 Å². The van der Waals surface area contributed by atoms with Crippen LogP contribution in [-0.4, -0.2) is 36.1 Å². The highest BCUT2D eigenvalue weighted by Crippen LogP contribution is 2.14. The van der Waals surface area contributed by atoms with Crippen molar-refractivity contribution in [2.24, 2.45) is 0 Å². The second-order valence-corrected chi connectivity index (χ2v) is 4.47. The zero-order valence-corrected chi connectivity index (χ0v) is 10.1. The molecule has 1 aliphatic heterocycles. The van der Waals surface area contributed by atoms with Crippen molar-refractivity contribution in [2.45, 2.75) is 53.1 Å². The van der Waals surface area contributed by atoms with E-state index < -0.39 is 0 Å². The van der Waals surface area contributed by atoms with Crippen LogP contribution in [0, 0.1) is 0 Å². The van der Waals surface area contributed by atoms with Gasteiger partial charge in [-0.25, -0.2) is 0 Å². The summed E-state index contributed by atoms with van der Waals surface area (Å²) < 4.78 is 0. The molecule has 1 heterocycles. The third-order valence-corrected chi connectivity index (χ3v) is 2.32. The molecule has 0 aromatic heterocycles. The smallest absolute Gasteiger partial charge is 0.0167 e. The first-order chi connectivity index (χ1) is 6.00. The maximum atomic E-state index is 3.44. The van der Waals surface area contributed by atoms with Crippen molar-refractivity contribution in [2.75, 3.05) is 19.6 Å². The summed E-state index contributed by atoms with van der Waals surface area (Å²) in [5.41, 5.74) is 0.344. The van der Waals surface area contributed by atoms with E-state index in [1.807, 2.05) is 13.8 Å². The number of piperazine rings is 1. The number of nitrogens with one attached hydrogen (secondary N) is 1. The Labute approximate surface area is 83.7 Å². The molecule has 1 atom stereocenters. The second kappa shape index (κ2) is 5.61. The Balaban J connectivity index is 0.000000671. The molecule has 1 N–H and O–H groups in total. The van der Waals surface area contributed by atoms with Crippen LogP contribution in [0.15, 0.2) is 0 Å². The molecule has 80 valence electrons. The van der Waals surface area contributed by atoms with Crippen LogP contribution < -0.4 is 5.32 Å². The van der Waals surface area contributed by atoms with Crippen LogP contribution in [0.2, 0.25) is 0 Å². The molecule has 2 nitrogen and oxygen atoms in total. The van der Waals surface area contributed by atoms with Gasteiger partial charge in [-0.2, -0.15) is 0 Å². The molecular weight excluding hydrogens is 160 g/mol. The van der Waals surface area contributed by atoms with Crippen LogP contribution in [0.3, 0.4) is 0 Å². The number of rotatable bonds is 0. The molecule has 2 heteroatoms.